The zero-order valence-corrected chi connectivity index (χ0v) is 18.9. The van der Waals surface area contributed by atoms with Gasteiger partial charge in [-0.15, -0.1) is 24.0 Å². The third-order valence-electron chi connectivity index (χ3n) is 4.99. The van der Waals surface area contributed by atoms with Gasteiger partial charge in [-0.1, -0.05) is 42.5 Å². The van der Waals surface area contributed by atoms with E-state index in [0.29, 0.717) is 12.5 Å². The maximum Gasteiger partial charge on any atom is 0.194 e. The predicted molar refractivity (Wildman–Crippen MR) is 125 cm³/mol. The number of halogens is 1. The molecule has 2 aromatic carbocycles. The van der Waals surface area contributed by atoms with Gasteiger partial charge < -0.3 is 20.1 Å². The minimum absolute atomic E-state index is 0. The first-order chi connectivity index (χ1) is 13.2. The van der Waals surface area contributed by atoms with Gasteiger partial charge in [-0.25, -0.2) is 0 Å². The molecule has 2 N–H and O–H groups in total. The highest BCUT2D eigenvalue weighted by molar-refractivity contribution is 14.0. The zero-order valence-electron chi connectivity index (χ0n) is 16.5. The number of benzene rings is 2. The van der Waals surface area contributed by atoms with E-state index in [0.717, 1.165) is 43.3 Å². The molecule has 0 saturated carbocycles. The number of guanidine groups is 1. The van der Waals surface area contributed by atoms with E-state index in [9.17, 15) is 5.11 Å². The highest BCUT2D eigenvalue weighted by Crippen LogP contribution is 2.27. The van der Waals surface area contributed by atoms with Gasteiger partial charge in [-0.3, -0.25) is 4.99 Å². The number of nitrogens with one attached hydrogen (secondary N) is 1. The Kier molecular flexibility index (Phi) is 9.05. The molecule has 5 nitrogen and oxygen atoms in total. The van der Waals surface area contributed by atoms with Crippen LogP contribution in [-0.2, 0) is 0 Å². The van der Waals surface area contributed by atoms with Gasteiger partial charge in [-0.2, -0.15) is 0 Å². The summed E-state index contributed by atoms with van der Waals surface area (Å²) in [5.41, 5.74) is 2.20. The molecule has 1 aliphatic heterocycles. The summed E-state index contributed by atoms with van der Waals surface area (Å²) in [6.07, 6.45) is 0.466. The summed E-state index contributed by atoms with van der Waals surface area (Å²) in [6, 6.07) is 18.2. The Bertz CT molecular complexity index is 754. The van der Waals surface area contributed by atoms with E-state index in [4.69, 9.17) is 9.73 Å². The Balaban J connectivity index is 0.00000280. The molecular formula is C22H30IN3O2. The lowest BCUT2D eigenvalue weighted by Gasteiger charge is -2.22. The number of ether oxygens (including phenoxy) is 1. The number of aliphatic hydroxyl groups is 1. The standard InChI is InChI=1S/C22H29N3O2.HI/c1-3-23-22(24-15-21(26)18-10-7-11-20(14-18)27-2)25-13-12-19(16-25)17-8-5-4-6-9-17;/h4-11,14,19,21,26H,3,12-13,15-16H2,1-2H3,(H,23,24);1H. The highest BCUT2D eigenvalue weighted by Gasteiger charge is 2.26. The molecule has 2 aromatic rings. The molecule has 0 spiro atoms. The molecule has 1 heterocycles. The topological polar surface area (TPSA) is 57.1 Å². The summed E-state index contributed by atoms with van der Waals surface area (Å²) in [7, 11) is 1.63. The average molecular weight is 495 g/mol. The van der Waals surface area contributed by atoms with E-state index >= 15 is 0 Å². The van der Waals surface area contributed by atoms with Gasteiger partial charge in [-0.05, 0) is 36.6 Å². The Hall–Kier alpha value is -1.80. The largest absolute Gasteiger partial charge is 0.497 e. The summed E-state index contributed by atoms with van der Waals surface area (Å²) < 4.78 is 5.24. The fraction of sp³-hybridized carbons (Fsp3) is 0.409. The number of hydrogen-bond donors (Lipinski definition) is 2. The van der Waals surface area contributed by atoms with Crippen molar-refractivity contribution in [2.45, 2.75) is 25.4 Å². The van der Waals surface area contributed by atoms with Gasteiger partial charge in [0, 0.05) is 25.6 Å². The van der Waals surface area contributed by atoms with Crippen molar-refractivity contribution in [3.63, 3.8) is 0 Å². The van der Waals surface area contributed by atoms with Crippen molar-refractivity contribution in [2.75, 3.05) is 33.3 Å². The van der Waals surface area contributed by atoms with E-state index in [1.54, 1.807) is 7.11 Å². The highest BCUT2D eigenvalue weighted by atomic mass is 127. The monoisotopic (exact) mass is 495 g/mol. The van der Waals surface area contributed by atoms with E-state index in [2.05, 4.69) is 47.5 Å². The van der Waals surface area contributed by atoms with Crippen LogP contribution in [0.2, 0.25) is 0 Å². The molecule has 6 heteroatoms. The summed E-state index contributed by atoms with van der Waals surface area (Å²) in [6.45, 7) is 5.12. The molecule has 0 amide bonds. The first kappa shape index (κ1) is 22.5. The number of rotatable bonds is 6. The summed E-state index contributed by atoms with van der Waals surface area (Å²) in [5, 5.41) is 13.9. The van der Waals surface area contributed by atoms with E-state index in [1.165, 1.54) is 5.56 Å². The second-order valence-electron chi connectivity index (χ2n) is 6.83. The van der Waals surface area contributed by atoms with Crippen molar-refractivity contribution in [3.05, 3.63) is 65.7 Å². The molecule has 2 atom stereocenters. The lowest BCUT2D eigenvalue weighted by Crippen LogP contribution is -2.40. The smallest absolute Gasteiger partial charge is 0.194 e. The summed E-state index contributed by atoms with van der Waals surface area (Å²) in [5.74, 6) is 2.14. The average Bonchev–Trinajstić information content (AvgIpc) is 3.21. The van der Waals surface area contributed by atoms with Crippen LogP contribution in [0.4, 0.5) is 0 Å². The second-order valence-corrected chi connectivity index (χ2v) is 6.83. The number of methoxy groups -OCH3 is 1. The molecule has 1 fully saturated rings. The van der Waals surface area contributed by atoms with E-state index < -0.39 is 6.10 Å². The predicted octanol–water partition coefficient (Wildman–Crippen LogP) is 3.80. The molecule has 1 aliphatic rings. The Morgan fingerprint density at radius 2 is 2.04 bits per heavy atom. The van der Waals surface area contributed by atoms with Crippen LogP contribution in [0.3, 0.4) is 0 Å². The first-order valence-electron chi connectivity index (χ1n) is 9.61. The van der Waals surface area contributed by atoms with Gasteiger partial charge in [0.15, 0.2) is 5.96 Å². The van der Waals surface area contributed by atoms with Crippen LogP contribution in [0.1, 0.15) is 36.5 Å². The SMILES string of the molecule is CCNC(=NCC(O)c1cccc(OC)c1)N1CCC(c2ccccc2)C1.I. The van der Waals surface area contributed by atoms with E-state index in [1.807, 2.05) is 24.3 Å². The van der Waals surface area contributed by atoms with Crippen molar-refractivity contribution in [1.29, 1.82) is 0 Å². The van der Waals surface area contributed by atoms with Gasteiger partial charge in [0.05, 0.1) is 19.8 Å². The molecule has 0 radical (unpaired) electrons. The van der Waals surface area contributed by atoms with Crippen molar-refractivity contribution in [3.8, 4) is 5.75 Å². The van der Waals surface area contributed by atoms with Crippen LogP contribution < -0.4 is 10.1 Å². The van der Waals surface area contributed by atoms with Gasteiger partial charge in [0.1, 0.15) is 5.75 Å². The van der Waals surface area contributed by atoms with Crippen molar-refractivity contribution >= 4 is 29.9 Å². The molecule has 0 aliphatic carbocycles. The minimum Gasteiger partial charge on any atom is -0.497 e. The lowest BCUT2D eigenvalue weighted by molar-refractivity contribution is 0.186. The quantitative estimate of drug-likeness (QED) is 0.364. The maximum atomic E-state index is 10.5. The van der Waals surface area contributed by atoms with Crippen LogP contribution in [0.25, 0.3) is 0 Å². The van der Waals surface area contributed by atoms with Crippen molar-refractivity contribution in [1.82, 2.24) is 10.2 Å². The zero-order chi connectivity index (χ0) is 19.1. The third-order valence-corrected chi connectivity index (χ3v) is 4.99. The van der Waals surface area contributed by atoms with Crippen LogP contribution in [0.15, 0.2) is 59.6 Å². The Morgan fingerprint density at radius 1 is 1.25 bits per heavy atom. The first-order valence-corrected chi connectivity index (χ1v) is 9.61. The Labute approximate surface area is 184 Å². The number of aliphatic imine (C=N–C) groups is 1. The summed E-state index contributed by atoms with van der Waals surface area (Å²) >= 11 is 0. The van der Waals surface area contributed by atoms with Crippen LogP contribution in [-0.4, -0.2) is 49.3 Å². The maximum absolute atomic E-state index is 10.5. The third kappa shape index (κ3) is 5.85. The molecule has 0 aromatic heterocycles. The summed E-state index contributed by atoms with van der Waals surface area (Å²) in [4.78, 5) is 6.99. The molecule has 28 heavy (non-hydrogen) atoms. The molecule has 152 valence electrons. The lowest BCUT2D eigenvalue weighted by atomic mass is 9.99. The molecule has 1 saturated heterocycles. The van der Waals surface area contributed by atoms with Gasteiger partial charge in [0.25, 0.3) is 0 Å². The number of hydrogen-bond acceptors (Lipinski definition) is 3. The fourth-order valence-corrected chi connectivity index (χ4v) is 3.50. The van der Waals surface area contributed by atoms with Crippen LogP contribution >= 0.6 is 24.0 Å². The van der Waals surface area contributed by atoms with Crippen molar-refractivity contribution in [2.24, 2.45) is 4.99 Å². The normalized spacial score (nSPS) is 17.8. The van der Waals surface area contributed by atoms with Crippen LogP contribution in [0, 0.1) is 0 Å². The number of aliphatic hydroxyl groups excluding tert-OH is 1. The second kappa shape index (κ2) is 11.3. The molecule has 2 unspecified atom stereocenters. The van der Waals surface area contributed by atoms with Crippen LogP contribution in [0.5, 0.6) is 5.75 Å². The minimum atomic E-state index is -0.652. The molecule has 3 rings (SSSR count). The molecule has 0 bridgehead atoms. The van der Waals surface area contributed by atoms with E-state index in [-0.39, 0.29) is 24.0 Å². The number of nitrogens with zero attached hydrogens (tertiary/aromatic N) is 2. The van der Waals surface area contributed by atoms with Gasteiger partial charge >= 0.3 is 0 Å². The Morgan fingerprint density at radius 3 is 2.75 bits per heavy atom. The molecular weight excluding hydrogens is 465 g/mol. The number of likely N-dealkylation sites (tertiary alicyclic amines) is 1. The van der Waals surface area contributed by atoms with Gasteiger partial charge in [0.2, 0.25) is 0 Å². The fourth-order valence-electron chi connectivity index (χ4n) is 3.50. The van der Waals surface area contributed by atoms with Crippen molar-refractivity contribution < 1.29 is 9.84 Å².